The molecule has 1 aliphatic heterocycles. The van der Waals surface area contributed by atoms with Gasteiger partial charge in [-0.05, 0) is 24.8 Å². The molecule has 5 nitrogen and oxygen atoms in total. The van der Waals surface area contributed by atoms with Crippen molar-refractivity contribution in [3.05, 3.63) is 0 Å². The van der Waals surface area contributed by atoms with E-state index in [-0.39, 0.29) is 0 Å². The fraction of sp³-hybridized carbons (Fsp3) is 1.00. The van der Waals surface area contributed by atoms with E-state index in [1.807, 2.05) is 0 Å². The van der Waals surface area contributed by atoms with Gasteiger partial charge in [0.05, 0.1) is 0 Å². The SMILES string of the molecule is CC1CN(S(=O)(=O)N(C)CCCN)CC1C. The molecule has 6 heteroatoms. The molecule has 1 fully saturated rings. The number of hydrogen-bond acceptors (Lipinski definition) is 3. The fourth-order valence-corrected chi connectivity index (χ4v) is 3.49. The lowest BCUT2D eigenvalue weighted by Crippen LogP contribution is -2.41. The van der Waals surface area contributed by atoms with Crippen molar-refractivity contribution in [3.8, 4) is 0 Å². The van der Waals surface area contributed by atoms with Crippen LogP contribution in [0, 0.1) is 11.8 Å². The molecule has 1 saturated heterocycles. The first-order valence-electron chi connectivity index (χ1n) is 5.81. The summed E-state index contributed by atoms with van der Waals surface area (Å²) in [6.45, 7) is 6.48. The zero-order valence-corrected chi connectivity index (χ0v) is 11.2. The van der Waals surface area contributed by atoms with E-state index in [1.165, 1.54) is 4.31 Å². The average Bonchev–Trinajstić information content (AvgIpc) is 2.56. The van der Waals surface area contributed by atoms with Gasteiger partial charge >= 0.3 is 0 Å². The highest BCUT2D eigenvalue weighted by Crippen LogP contribution is 2.25. The van der Waals surface area contributed by atoms with Gasteiger partial charge in [-0.1, -0.05) is 13.8 Å². The first-order valence-corrected chi connectivity index (χ1v) is 7.20. The summed E-state index contributed by atoms with van der Waals surface area (Å²) in [5, 5.41) is 0. The lowest BCUT2D eigenvalue weighted by atomic mass is 10.0. The van der Waals surface area contributed by atoms with E-state index in [0.717, 1.165) is 0 Å². The summed E-state index contributed by atoms with van der Waals surface area (Å²) in [5.74, 6) is 0.885. The van der Waals surface area contributed by atoms with Crippen LogP contribution in [0.3, 0.4) is 0 Å². The molecule has 96 valence electrons. The minimum atomic E-state index is -3.27. The topological polar surface area (TPSA) is 66.6 Å². The number of hydrogen-bond donors (Lipinski definition) is 1. The maximum atomic E-state index is 12.1. The quantitative estimate of drug-likeness (QED) is 0.751. The van der Waals surface area contributed by atoms with Crippen molar-refractivity contribution >= 4 is 10.2 Å². The molecular weight excluding hydrogens is 226 g/mol. The first-order chi connectivity index (χ1) is 7.39. The Labute approximate surface area is 98.8 Å². The van der Waals surface area contributed by atoms with E-state index in [4.69, 9.17) is 5.73 Å². The van der Waals surface area contributed by atoms with Crippen molar-refractivity contribution < 1.29 is 8.42 Å². The highest BCUT2D eigenvalue weighted by atomic mass is 32.2. The van der Waals surface area contributed by atoms with Gasteiger partial charge in [-0.25, -0.2) is 0 Å². The lowest BCUT2D eigenvalue weighted by molar-refractivity contribution is 0.385. The van der Waals surface area contributed by atoms with Crippen molar-refractivity contribution in [2.75, 3.05) is 33.2 Å². The fourth-order valence-electron chi connectivity index (χ4n) is 1.89. The molecule has 0 radical (unpaired) electrons. The van der Waals surface area contributed by atoms with Crippen LogP contribution in [0.4, 0.5) is 0 Å². The second-order valence-corrected chi connectivity index (χ2v) is 6.78. The van der Waals surface area contributed by atoms with E-state index in [9.17, 15) is 8.42 Å². The Morgan fingerprint density at radius 2 is 1.81 bits per heavy atom. The Kier molecular flexibility index (Phi) is 4.73. The van der Waals surface area contributed by atoms with Crippen LogP contribution in [0.25, 0.3) is 0 Å². The van der Waals surface area contributed by atoms with Gasteiger partial charge in [-0.15, -0.1) is 0 Å². The van der Waals surface area contributed by atoms with Crippen LogP contribution in [-0.4, -0.2) is 50.3 Å². The normalized spacial score (nSPS) is 27.8. The average molecular weight is 249 g/mol. The van der Waals surface area contributed by atoms with Gasteiger partial charge < -0.3 is 5.73 Å². The van der Waals surface area contributed by atoms with Gasteiger partial charge in [0.1, 0.15) is 0 Å². The molecule has 2 unspecified atom stereocenters. The number of rotatable bonds is 5. The van der Waals surface area contributed by atoms with Crippen LogP contribution in [0.5, 0.6) is 0 Å². The highest BCUT2D eigenvalue weighted by Gasteiger charge is 2.35. The molecule has 2 N–H and O–H groups in total. The Bertz CT molecular complexity index is 308. The van der Waals surface area contributed by atoms with E-state index in [0.29, 0.717) is 44.4 Å². The minimum absolute atomic E-state index is 0.442. The van der Waals surface area contributed by atoms with Gasteiger partial charge in [0, 0.05) is 26.7 Å². The van der Waals surface area contributed by atoms with Gasteiger partial charge in [0.2, 0.25) is 0 Å². The molecule has 1 aliphatic rings. The Morgan fingerprint density at radius 1 is 1.31 bits per heavy atom. The summed E-state index contributed by atoms with van der Waals surface area (Å²) in [6, 6.07) is 0. The number of nitrogens with zero attached hydrogens (tertiary/aromatic N) is 2. The maximum Gasteiger partial charge on any atom is 0.281 e. The van der Waals surface area contributed by atoms with Gasteiger partial charge in [-0.2, -0.15) is 17.0 Å². The van der Waals surface area contributed by atoms with E-state index in [2.05, 4.69) is 13.8 Å². The van der Waals surface area contributed by atoms with Crippen molar-refractivity contribution in [2.24, 2.45) is 17.6 Å². The third kappa shape index (κ3) is 2.94. The monoisotopic (exact) mass is 249 g/mol. The van der Waals surface area contributed by atoms with Crippen LogP contribution in [0.15, 0.2) is 0 Å². The van der Waals surface area contributed by atoms with Crippen LogP contribution >= 0.6 is 0 Å². The smallest absolute Gasteiger partial charge is 0.281 e. The Hall–Kier alpha value is -0.170. The van der Waals surface area contributed by atoms with Gasteiger partial charge in [-0.3, -0.25) is 0 Å². The third-order valence-corrected chi connectivity index (χ3v) is 5.27. The molecule has 1 rings (SSSR count). The predicted molar refractivity (Wildman–Crippen MR) is 65.1 cm³/mol. The van der Waals surface area contributed by atoms with Crippen molar-refractivity contribution in [2.45, 2.75) is 20.3 Å². The Morgan fingerprint density at radius 3 is 2.25 bits per heavy atom. The second kappa shape index (κ2) is 5.44. The number of nitrogens with two attached hydrogens (primary N) is 1. The molecule has 0 amide bonds. The molecule has 0 aromatic rings. The van der Waals surface area contributed by atoms with Gasteiger partial charge in [0.25, 0.3) is 10.2 Å². The summed E-state index contributed by atoms with van der Waals surface area (Å²) in [6.07, 6.45) is 0.703. The molecule has 16 heavy (non-hydrogen) atoms. The minimum Gasteiger partial charge on any atom is -0.330 e. The summed E-state index contributed by atoms with van der Waals surface area (Å²) in [7, 11) is -1.64. The Balaban J connectivity index is 2.64. The molecule has 1 heterocycles. The zero-order valence-electron chi connectivity index (χ0n) is 10.4. The maximum absolute atomic E-state index is 12.1. The third-order valence-electron chi connectivity index (χ3n) is 3.35. The largest absolute Gasteiger partial charge is 0.330 e. The molecule has 0 spiro atoms. The van der Waals surface area contributed by atoms with Crippen molar-refractivity contribution in [1.82, 2.24) is 8.61 Å². The molecule has 0 aliphatic carbocycles. The van der Waals surface area contributed by atoms with E-state index in [1.54, 1.807) is 11.4 Å². The van der Waals surface area contributed by atoms with Crippen LogP contribution in [-0.2, 0) is 10.2 Å². The summed E-state index contributed by atoms with van der Waals surface area (Å²) in [5.41, 5.74) is 5.38. The summed E-state index contributed by atoms with van der Waals surface area (Å²) in [4.78, 5) is 0. The molecule has 0 aromatic heterocycles. The van der Waals surface area contributed by atoms with Gasteiger partial charge in [0.15, 0.2) is 0 Å². The van der Waals surface area contributed by atoms with Crippen LogP contribution in [0.2, 0.25) is 0 Å². The van der Waals surface area contributed by atoms with Crippen molar-refractivity contribution in [3.63, 3.8) is 0 Å². The standard InChI is InChI=1S/C10H23N3O2S/c1-9-7-13(8-10(9)2)16(14,15)12(3)6-4-5-11/h9-10H,4-8,11H2,1-3H3. The second-order valence-electron chi connectivity index (χ2n) is 4.74. The van der Waals surface area contributed by atoms with E-state index < -0.39 is 10.2 Å². The molecule has 2 atom stereocenters. The first kappa shape index (κ1) is 13.9. The molecule has 0 saturated carbocycles. The van der Waals surface area contributed by atoms with Crippen molar-refractivity contribution in [1.29, 1.82) is 0 Å². The molecule has 0 aromatic carbocycles. The highest BCUT2D eigenvalue weighted by molar-refractivity contribution is 7.86. The predicted octanol–water partition coefficient (Wildman–Crippen LogP) is 0.0996. The lowest BCUT2D eigenvalue weighted by Gasteiger charge is -2.23. The molecule has 0 bridgehead atoms. The van der Waals surface area contributed by atoms with E-state index >= 15 is 0 Å². The van der Waals surface area contributed by atoms with Crippen LogP contribution < -0.4 is 5.73 Å². The summed E-state index contributed by atoms with van der Waals surface area (Å²) < 4.78 is 27.3. The summed E-state index contributed by atoms with van der Waals surface area (Å²) >= 11 is 0. The zero-order chi connectivity index (χ0) is 12.3. The van der Waals surface area contributed by atoms with Crippen LogP contribution in [0.1, 0.15) is 20.3 Å². The molecular formula is C10H23N3O2S.